The number of ketones is 1. The maximum Gasteiger partial charge on any atom is 0.246 e. The van der Waals surface area contributed by atoms with E-state index in [0.29, 0.717) is 25.1 Å². The van der Waals surface area contributed by atoms with Crippen molar-refractivity contribution in [3.05, 3.63) is 11.9 Å². The average molecular weight is 293 g/mol. The Morgan fingerprint density at radius 1 is 1.43 bits per heavy atom. The Bertz CT molecular complexity index is 537. The van der Waals surface area contributed by atoms with Gasteiger partial charge in [-0.15, -0.1) is 0 Å². The fourth-order valence-corrected chi connectivity index (χ4v) is 2.89. The number of carbonyl (C=O) groups is 1. The van der Waals surface area contributed by atoms with Crippen LogP contribution in [0, 0.1) is 0 Å². The smallest absolute Gasteiger partial charge is 0.246 e. The van der Waals surface area contributed by atoms with Crippen molar-refractivity contribution in [1.82, 2.24) is 14.9 Å². The minimum Gasteiger partial charge on any atom is -0.480 e. The molecule has 2 fully saturated rings. The van der Waals surface area contributed by atoms with Crippen molar-refractivity contribution in [2.75, 3.05) is 33.9 Å². The molecule has 0 bridgehead atoms. The first-order chi connectivity index (χ1) is 10.2. The first-order valence-corrected chi connectivity index (χ1v) is 7.08. The van der Waals surface area contributed by atoms with Crippen LogP contribution in [0.1, 0.15) is 23.3 Å². The van der Waals surface area contributed by atoms with Gasteiger partial charge in [0.05, 0.1) is 27.0 Å². The van der Waals surface area contributed by atoms with Gasteiger partial charge in [-0.25, -0.2) is 4.98 Å². The van der Waals surface area contributed by atoms with Crippen LogP contribution in [0.25, 0.3) is 0 Å². The SMILES string of the molecule is COc1cnc(C(=O)C2CN3CCCC3CO2)c(OC)n1. The van der Waals surface area contributed by atoms with Gasteiger partial charge >= 0.3 is 0 Å². The van der Waals surface area contributed by atoms with E-state index in [1.807, 2.05) is 0 Å². The summed E-state index contributed by atoms with van der Waals surface area (Å²) in [6.07, 6.45) is 3.22. The number of Topliss-reactive ketones (excluding diaryl/α,β-unsaturated/α-hetero) is 1. The van der Waals surface area contributed by atoms with Crippen LogP contribution in [0.3, 0.4) is 0 Å². The van der Waals surface area contributed by atoms with Gasteiger partial charge in [-0.05, 0) is 19.4 Å². The number of methoxy groups -OCH3 is 2. The maximum atomic E-state index is 12.6. The molecule has 0 spiro atoms. The Labute approximate surface area is 123 Å². The summed E-state index contributed by atoms with van der Waals surface area (Å²) in [6.45, 7) is 2.24. The van der Waals surface area contributed by atoms with Crippen LogP contribution in [0.5, 0.6) is 11.8 Å². The van der Waals surface area contributed by atoms with Crippen LogP contribution in [-0.4, -0.2) is 66.7 Å². The van der Waals surface area contributed by atoms with Gasteiger partial charge in [-0.2, -0.15) is 4.98 Å². The lowest BCUT2D eigenvalue weighted by atomic mass is 10.1. The molecule has 114 valence electrons. The van der Waals surface area contributed by atoms with Crippen LogP contribution >= 0.6 is 0 Å². The lowest BCUT2D eigenvalue weighted by Crippen LogP contribution is -2.49. The van der Waals surface area contributed by atoms with E-state index in [4.69, 9.17) is 14.2 Å². The number of hydrogen-bond donors (Lipinski definition) is 0. The molecule has 21 heavy (non-hydrogen) atoms. The molecule has 2 aliphatic rings. The molecule has 2 aliphatic heterocycles. The Kier molecular flexibility index (Phi) is 4.03. The number of carbonyl (C=O) groups excluding carboxylic acids is 1. The molecule has 0 aliphatic carbocycles. The fourth-order valence-electron chi connectivity index (χ4n) is 2.89. The summed E-state index contributed by atoms with van der Waals surface area (Å²) < 4.78 is 15.9. The molecule has 3 heterocycles. The van der Waals surface area contributed by atoms with Crippen molar-refractivity contribution in [2.24, 2.45) is 0 Å². The zero-order chi connectivity index (χ0) is 14.8. The highest BCUT2D eigenvalue weighted by Crippen LogP contribution is 2.25. The van der Waals surface area contributed by atoms with Crippen molar-refractivity contribution >= 4 is 5.78 Å². The van der Waals surface area contributed by atoms with E-state index in [2.05, 4.69) is 14.9 Å². The van der Waals surface area contributed by atoms with Gasteiger partial charge in [0.1, 0.15) is 6.10 Å². The van der Waals surface area contributed by atoms with Crippen molar-refractivity contribution in [3.8, 4) is 11.8 Å². The van der Waals surface area contributed by atoms with Crippen molar-refractivity contribution in [2.45, 2.75) is 25.0 Å². The normalized spacial score (nSPS) is 25.4. The molecule has 1 aromatic rings. The fraction of sp³-hybridized carbons (Fsp3) is 0.643. The monoisotopic (exact) mass is 293 g/mol. The Morgan fingerprint density at radius 3 is 3.05 bits per heavy atom. The molecule has 3 rings (SSSR count). The van der Waals surface area contributed by atoms with Gasteiger partial charge < -0.3 is 14.2 Å². The van der Waals surface area contributed by atoms with Gasteiger partial charge in [0.25, 0.3) is 0 Å². The van der Waals surface area contributed by atoms with E-state index in [9.17, 15) is 4.79 Å². The number of ether oxygens (including phenoxy) is 3. The maximum absolute atomic E-state index is 12.6. The lowest BCUT2D eigenvalue weighted by molar-refractivity contribution is -0.0348. The highest BCUT2D eigenvalue weighted by molar-refractivity contribution is 5.99. The molecule has 1 aromatic heterocycles. The average Bonchev–Trinajstić information content (AvgIpc) is 3.01. The van der Waals surface area contributed by atoms with Crippen molar-refractivity contribution < 1.29 is 19.0 Å². The predicted molar refractivity (Wildman–Crippen MR) is 73.8 cm³/mol. The molecular formula is C14H19N3O4. The zero-order valence-corrected chi connectivity index (χ0v) is 12.2. The molecule has 0 radical (unpaired) electrons. The largest absolute Gasteiger partial charge is 0.480 e. The second-order valence-electron chi connectivity index (χ2n) is 5.25. The van der Waals surface area contributed by atoms with Gasteiger partial charge in [0.15, 0.2) is 5.69 Å². The molecule has 0 amide bonds. The van der Waals surface area contributed by atoms with E-state index < -0.39 is 6.10 Å². The molecule has 7 heteroatoms. The van der Waals surface area contributed by atoms with E-state index in [1.54, 1.807) is 0 Å². The first kappa shape index (κ1) is 14.2. The topological polar surface area (TPSA) is 73.8 Å². The second kappa shape index (κ2) is 5.95. The van der Waals surface area contributed by atoms with Crippen molar-refractivity contribution in [3.63, 3.8) is 0 Å². The Balaban J connectivity index is 1.78. The number of morpholine rings is 1. The van der Waals surface area contributed by atoms with Crippen LogP contribution in [0.2, 0.25) is 0 Å². The van der Waals surface area contributed by atoms with Crippen LogP contribution in [-0.2, 0) is 4.74 Å². The molecule has 2 atom stereocenters. The number of nitrogens with zero attached hydrogens (tertiary/aromatic N) is 3. The minimum absolute atomic E-state index is 0.173. The van der Waals surface area contributed by atoms with E-state index >= 15 is 0 Å². The standard InChI is InChI=1S/C14H19N3O4/c1-19-11-6-15-12(14(16-11)20-2)13(18)10-7-17-5-3-4-9(17)8-21-10/h6,9-10H,3-5,7-8H2,1-2H3. The molecule has 2 unspecified atom stereocenters. The summed E-state index contributed by atoms with van der Waals surface area (Å²) in [5.41, 5.74) is 0.195. The second-order valence-corrected chi connectivity index (χ2v) is 5.25. The molecule has 0 aromatic carbocycles. The first-order valence-electron chi connectivity index (χ1n) is 7.08. The summed E-state index contributed by atoms with van der Waals surface area (Å²) in [4.78, 5) is 23.1. The third-order valence-electron chi connectivity index (χ3n) is 4.04. The van der Waals surface area contributed by atoms with E-state index in [0.717, 1.165) is 13.0 Å². The molecular weight excluding hydrogens is 274 g/mol. The summed E-state index contributed by atoms with van der Waals surface area (Å²) in [7, 11) is 2.95. The summed E-state index contributed by atoms with van der Waals surface area (Å²) in [6, 6.07) is 0.456. The summed E-state index contributed by atoms with van der Waals surface area (Å²) >= 11 is 0. The molecule has 2 saturated heterocycles. The predicted octanol–water partition coefficient (Wildman–Crippen LogP) is 0.540. The third kappa shape index (κ3) is 2.71. The Morgan fingerprint density at radius 2 is 2.29 bits per heavy atom. The molecule has 0 saturated carbocycles. The van der Waals surface area contributed by atoms with Crippen molar-refractivity contribution in [1.29, 1.82) is 0 Å². The quantitative estimate of drug-likeness (QED) is 0.750. The van der Waals surface area contributed by atoms with Gasteiger partial charge in [0.2, 0.25) is 17.5 Å². The van der Waals surface area contributed by atoms with E-state index in [-0.39, 0.29) is 17.4 Å². The van der Waals surface area contributed by atoms with Crippen LogP contribution in [0.4, 0.5) is 0 Å². The number of fused-ring (bicyclic) bond motifs is 1. The van der Waals surface area contributed by atoms with E-state index in [1.165, 1.54) is 26.8 Å². The number of hydrogen-bond acceptors (Lipinski definition) is 7. The highest BCUT2D eigenvalue weighted by atomic mass is 16.5. The highest BCUT2D eigenvalue weighted by Gasteiger charge is 2.37. The van der Waals surface area contributed by atoms with Crippen LogP contribution < -0.4 is 9.47 Å². The van der Waals surface area contributed by atoms with Gasteiger partial charge in [-0.3, -0.25) is 9.69 Å². The zero-order valence-electron chi connectivity index (χ0n) is 12.2. The van der Waals surface area contributed by atoms with Gasteiger partial charge in [0, 0.05) is 12.6 Å². The van der Waals surface area contributed by atoms with Gasteiger partial charge in [-0.1, -0.05) is 0 Å². The lowest BCUT2D eigenvalue weighted by Gasteiger charge is -2.34. The summed E-state index contributed by atoms with van der Waals surface area (Å²) in [5.74, 6) is 0.298. The minimum atomic E-state index is -0.504. The van der Waals surface area contributed by atoms with Crippen LogP contribution in [0.15, 0.2) is 6.20 Å². The Hall–Kier alpha value is -1.73. The molecule has 7 nitrogen and oxygen atoms in total. The summed E-state index contributed by atoms with van der Waals surface area (Å²) in [5, 5.41) is 0. The number of rotatable bonds is 4. The number of aromatic nitrogens is 2. The molecule has 0 N–H and O–H groups in total. The third-order valence-corrected chi connectivity index (χ3v) is 4.04.